The molecule has 0 aliphatic carbocycles. The molecule has 8 heteroatoms. The summed E-state index contributed by atoms with van der Waals surface area (Å²) >= 11 is 5.98. The number of aromatic nitrogens is 3. The average molecular weight is 376 g/mol. The SMILES string of the molecule is O=C(CN1CCC2C(C1)OCc1cnnn12)NCCc1cccc(Cl)c1. The van der Waals surface area contributed by atoms with E-state index in [1.54, 1.807) is 6.20 Å². The number of nitrogens with one attached hydrogen (secondary N) is 1. The Morgan fingerprint density at radius 1 is 1.42 bits per heavy atom. The van der Waals surface area contributed by atoms with E-state index >= 15 is 0 Å². The summed E-state index contributed by atoms with van der Waals surface area (Å²) in [5.74, 6) is 0.0442. The predicted molar refractivity (Wildman–Crippen MR) is 96.9 cm³/mol. The van der Waals surface area contributed by atoms with Crippen LogP contribution in [0.5, 0.6) is 0 Å². The number of amides is 1. The van der Waals surface area contributed by atoms with E-state index < -0.39 is 0 Å². The molecule has 3 heterocycles. The number of rotatable bonds is 5. The van der Waals surface area contributed by atoms with Gasteiger partial charge in [-0.15, -0.1) is 5.10 Å². The van der Waals surface area contributed by atoms with E-state index in [0.29, 0.717) is 19.7 Å². The van der Waals surface area contributed by atoms with Crippen molar-refractivity contribution in [1.29, 1.82) is 0 Å². The van der Waals surface area contributed by atoms with E-state index in [9.17, 15) is 4.79 Å². The summed E-state index contributed by atoms with van der Waals surface area (Å²) in [6.45, 7) is 3.13. The van der Waals surface area contributed by atoms with Gasteiger partial charge in [0, 0.05) is 24.7 Å². The Morgan fingerprint density at radius 3 is 3.23 bits per heavy atom. The zero-order valence-corrected chi connectivity index (χ0v) is 15.2. The number of piperidine rings is 1. The molecule has 1 aromatic heterocycles. The monoisotopic (exact) mass is 375 g/mol. The van der Waals surface area contributed by atoms with Gasteiger partial charge in [0.15, 0.2) is 0 Å². The Balaban J connectivity index is 1.23. The number of halogens is 1. The largest absolute Gasteiger partial charge is 0.368 e. The first-order valence-corrected chi connectivity index (χ1v) is 9.31. The highest BCUT2D eigenvalue weighted by molar-refractivity contribution is 6.30. The van der Waals surface area contributed by atoms with Gasteiger partial charge in [0.2, 0.25) is 5.91 Å². The maximum absolute atomic E-state index is 12.2. The standard InChI is InChI=1S/C18H22ClN5O2/c19-14-3-1-2-13(8-14)4-6-20-18(25)11-23-7-5-16-17(10-23)26-12-15-9-21-22-24(15)16/h1-3,8-9,16-17H,4-7,10-12H2,(H,20,25). The molecule has 2 unspecified atom stereocenters. The molecule has 138 valence electrons. The van der Waals surface area contributed by atoms with Crippen LogP contribution in [0.4, 0.5) is 0 Å². The van der Waals surface area contributed by atoms with Crippen molar-refractivity contribution in [2.24, 2.45) is 0 Å². The fraction of sp³-hybridized carbons (Fsp3) is 0.500. The second-order valence-corrected chi connectivity index (χ2v) is 7.28. The maximum atomic E-state index is 12.2. The lowest BCUT2D eigenvalue weighted by Crippen LogP contribution is -2.51. The average Bonchev–Trinajstić information content (AvgIpc) is 3.10. The summed E-state index contributed by atoms with van der Waals surface area (Å²) in [7, 11) is 0. The third kappa shape index (κ3) is 3.90. The second kappa shape index (κ2) is 7.73. The van der Waals surface area contributed by atoms with Crippen LogP contribution in [0, 0.1) is 0 Å². The summed E-state index contributed by atoms with van der Waals surface area (Å²) < 4.78 is 7.92. The normalized spacial score (nSPS) is 22.5. The molecule has 1 amide bonds. The number of carbonyl (C=O) groups is 1. The molecular weight excluding hydrogens is 354 g/mol. The Labute approximate surface area is 157 Å². The van der Waals surface area contributed by atoms with Gasteiger partial charge in [0.05, 0.1) is 37.2 Å². The molecule has 0 saturated carbocycles. The number of carbonyl (C=O) groups excluding carboxylic acids is 1. The van der Waals surface area contributed by atoms with Crippen molar-refractivity contribution in [3.63, 3.8) is 0 Å². The first-order valence-electron chi connectivity index (χ1n) is 8.93. The number of hydrogen-bond donors (Lipinski definition) is 1. The molecule has 1 saturated heterocycles. The molecule has 1 N–H and O–H groups in total. The highest BCUT2D eigenvalue weighted by Crippen LogP contribution is 2.30. The third-order valence-corrected chi connectivity index (χ3v) is 5.24. The molecule has 1 aromatic carbocycles. The topological polar surface area (TPSA) is 72.3 Å². The highest BCUT2D eigenvalue weighted by atomic mass is 35.5. The van der Waals surface area contributed by atoms with E-state index in [1.807, 2.05) is 28.9 Å². The molecule has 0 radical (unpaired) electrons. The van der Waals surface area contributed by atoms with Crippen LogP contribution in [0.2, 0.25) is 5.02 Å². The third-order valence-electron chi connectivity index (χ3n) is 5.01. The lowest BCUT2D eigenvalue weighted by atomic mass is 10.0. The lowest BCUT2D eigenvalue weighted by Gasteiger charge is -2.40. The van der Waals surface area contributed by atoms with Crippen molar-refractivity contribution >= 4 is 17.5 Å². The van der Waals surface area contributed by atoms with Gasteiger partial charge in [-0.2, -0.15) is 0 Å². The Bertz CT molecular complexity index is 780. The minimum absolute atomic E-state index is 0.0442. The first kappa shape index (κ1) is 17.5. The van der Waals surface area contributed by atoms with Gasteiger partial charge in [-0.1, -0.05) is 28.9 Å². The van der Waals surface area contributed by atoms with Gasteiger partial charge in [-0.05, 0) is 30.5 Å². The Hall–Kier alpha value is -1.96. The van der Waals surface area contributed by atoms with E-state index in [1.165, 1.54) is 0 Å². The van der Waals surface area contributed by atoms with Crippen molar-refractivity contribution in [1.82, 2.24) is 25.2 Å². The van der Waals surface area contributed by atoms with Crippen LogP contribution in [0.25, 0.3) is 0 Å². The van der Waals surface area contributed by atoms with Crippen molar-refractivity contribution in [3.8, 4) is 0 Å². The zero-order valence-electron chi connectivity index (χ0n) is 14.5. The Morgan fingerprint density at radius 2 is 2.35 bits per heavy atom. The van der Waals surface area contributed by atoms with E-state index in [0.717, 1.165) is 42.2 Å². The van der Waals surface area contributed by atoms with Crippen LogP contribution < -0.4 is 5.32 Å². The van der Waals surface area contributed by atoms with Crippen LogP contribution in [-0.2, 0) is 22.6 Å². The molecule has 4 rings (SSSR count). The summed E-state index contributed by atoms with van der Waals surface area (Å²) in [6, 6.07) is 7.94. The molecule has 1 fully saturated rings. The van der Waals surface area contributed by atoms with Crippen molar-refractivity contribution in [2.45, 2.75) is 31.6 Å². The minimum Gasteiger partial charge on any atom is -0.368 e. The van der Waals surface area contributed by atoms with Crippen LogP contribution in [-0.4, -0.2) is 58.1 Å². The second-order valence-electron chi connectivity index (χ2n) is 6.84. The smallest absolute Gasteiger partial charge is 0.234 e. The highest BCUT2D eigenvalue weighted by Gasteiger charge is 2.36. The summed E-state index contributed by atoms with van der Waals surface area (Å²) in [6.07, 6.45) is 3.51. The quantitative estimate of drug-likeness (QED) is 0.856. The molecule has 2 atom stereocenters. The van der Waals surface area contributed by atoms with Crippen molar-refractivity contribution in [2.75, 3.05) is 26.2 Å². The van der Waals surface area contributed by atoms with Crippen molar-refractivity contribution < 1.29 is 9.53 Å². The molecule has 7 nitrogen and oxygen atoms in total. The predicted octanol–water partition coefficient (Wildman–Crippen LogP) is 1.44. The van der Waals surface area contributed by atoms with Gasteiger partial charge in [-0.25, -0.2) is 4.68 Å². The zero-order chi connectivity index (χ0) is 17.9. The number of hydrogen-bond acceptors (Lipinski definition) is 5. The number of ether oxygens (including phenoxy) is 1. The number of benzene rings is 1. The van der Waals surface area contributed by atoms with Crippen LogP contribution >= 0.6 is 11.6 Å². The first-order chi connectivity index (χ1) is 12.7. The van der Waals surface area contributed by atoms with Gasteiger partial charge >= 0.3 is 0 Å². The molecule has 2 aromatic rings. The molecule has 26 heavy (non-hydrogen) atoms. The molecule has 2 aliphatic rings. The van der Waals surface area contributed by atoms with Gasteiger partial charge in [-0.3, -0.25) is 9.69 Å². The van der Waals surface area contributed by atoms with Crippen molar-refractivity contribution in [3.05, 3.63) is 46.7 Å². The number of nitrogens with zero attached hydrogens (tertiary/aromatic N) is 4. The molecule has 0 spiro atoms. The molecular formula is C18H22ClN5O2. The summed E-state index contributed by atoms with van der Waals surface area (Å²) in [4.78, 5) is 14.4. The summed E-state index contributed by atoms with van der Waals surface area (Å²) in [5.41, 5.74) is 2.15. The molecule has 0 bridgehead atoms. The molecule has 2 aliphatic heterocycles. The van der Waals surface area contributed by atoms with Crippen LogP contribution in [0.3, 0.4) is 0 Å². The Kier molecular flexibility index (Phi) is 5.19. The van der Waals surface area contributed by atoms with Gasteiger partial charge in [0.1, 0.15) is 0 Å². The van der Waals surface area contributed by atoms with E-state index in [2.05, 4.69) is 20.5 Å². The minimum atomic E-state index is 0.0442. The van der Waals surface area contributed by atoms with E-state index in [-0.39, 0.29) is 18.1 Å². The fourth-order valence-electron chi connectivity index (χ4n) is 3.69. The van der Waals surface area contributed by atoms with Gasteiger partial charge in [0.25, 0.3) is 0 Å². The van der Waals surface area contributed by atoms with Crippen LogP contribution in [0.15, 0.2) is 30.5 Å². The van der Waals surface area contributed by atoms with Gasteiger partial charge < -0.3 is 10.1 Å². The maximum Gasteiger partial charge on any atom is 0.234 e. The fourth-order valence-corrected chi connectivity index (χ4v) is 3.91. The van der Waals surface area contributed by atoms with Crippen LogP contribution in [0.1, 0.15) is 23.7 Å². The number of likely N-dealkylation sites (tertiary alicyclic amines) is 1. The number of fused-ring (bicyclic) bond motifs is 3. The summed E-state index contributed by atoms with van der Waals surface area (Å²) in [5, 5.41) is 11.9. The van der Waals surface area contributed by atoms with E-state index in [4.69, 9.17) is 16.3 Å². The lowest BCUT2D eigenvalue weighted by molar-refractivity contribution is -0.124.